The molecule has 0 N–H and O–H groups in total. The molecule has 4 heteroatoms. The highest BCUT2D eigenvalue weighted by molar-refractivity contribution is 7.99. The van der Waals surface area contributed by atoms with Crippen molar-refractivity contribution in [2.75, 3.05) is 5.75 Å². The van der Waals surface area contributed by atoms with E-state index in [0.29, 0.717) is 5.39 Å². The number of hydrogen-bond acceptors (Lipinski definition) is 3. The van der Waals surface area contributed by atoms with Gasteiger partial charge in [-0.05, 0) is 30.7 Å². The van der Waals surface area contributed by atoms with Gasteiger partial charge in [0.1, 0.15) is 0 Å². The van der Waals surface area contributed by atoms with Crippen molar-refractivity contribution in [2.24, 2.45) is 0 Å². The van der Waals surface area contributed by atoms with Crippen LogP contribution in [0.2, 0.25) is 0 Å². The molecule has 0 bridgehead atoms. The lowest BCUT2D eigenvalue weighted by Crippen LogP contribution is -2.21. The van der Waals surface area contributed by atoms with Crippen LogP contribution in [-0.2, 0) is 0 Å². The smallest absolute Gasteiger partial charge is 0.266 e. The third-order valence-corrected chi connectivity index (χ3v) is 4.51. The number of hydrogen-bond donors (Lipinski definition) is 0. The van der Waals surface area contributed by atoms with Gasteiger partial charge in [-0.2, -0.15) is 0 Å². The van der Waals surface area contributed by atoms with Crippen LogP contribution in [0.25, 0.3) is 16.6 Å². The molecule has 112 valence electrons. The summed E-state index contributed by atoms with van der Waals surface area (Å²) in [5, 5.41) is 1.43. The number of unbranched alkanes of at least 4 members (excludes halogenated alkanes) is 1. The fraction of sp³-hybridized carbons (Fsp3) is 0.222. The van der Waals surface area contributed by atoms with Gasteiger partial charge in [0.05, 0.1) is 16.6 Å². The second kappa shape index (κ2) is 6.79. The molecule has 1 heterocycles. The molecule has 0 aliphatic carbocycles. The highest BCUT2D eigenvalue weighted by Gasteiger charge is 2.12. The van der Waals surface area contributed by atoms with E-state index in [1.54, 1.807) is 16.3 Å². The number of benzene rings is 2. The summed E-state index contributed by atoms with van der Waals surface area (Å²) < 4.78 is 1.72. The summed E-state index contributed by atoms with van der Waals surface area (Å²) in [5.41, 5.74) is 1.62. The molecule has 0 unspecified atom stereocenters. The molecule has 0 atom stereocenters. The second-order valence-electron chi connectivity index (χ2n) is 5.09. The van der Waals surface area contributed by atoms with Gasteiger partial charge in [-0.15, -0.1) is 0 Å². The molecule has 0 aliphatic heterocycles. The number of para-hydroxylation sites is 2. The maximum absolute atomic E-state index is 12.9. The average Bonchev–Trinajstić information content (AvgIpc) is 2.56. The van der Waals surface area contributed by atoms with Gasteiger partial charge in [-0.1, -0.05) is 55.4 Å². The molecule has 2 aromatic carbocycles. The van der Waals surface area contributed by atoms with E-state index in [9.17, 15) is 4.79 Å². The first kappa shape index (κ1) is 14.9. The molecule has 0 fully saturated rings. The lowest BCUT2D eigenvalue weighted by atomic mass is 10.2. The van der Waals surface area contributed by atoms with Crippen LogP contribution in [0.3, 0.4) is 0 Å². The molecule has 3 nitrogen and oxygen atoms in total. The van der Waals surface area contributed by atoms with E-state index in [2.05, 4.69) is 6.92 Å². The van der Waals surface area contributed by atoms with Crippen molar-refractivity contribution in [1.82, 2.24) is 9.55 Å². The normalized spacial score (nSPS) is 11.0. The van der Waals surface area contributed by atoms with Crippen molar-refractivity contribution in [3.63, 3.8) is 0 Å². The molecular weight excluding hydrogens is 292 g/mol. The average molecular weight is 310 g/mol. The van der Waals surface area contributed by atoms with Crippen LogP contribution >= 0.6 is 11.8 Å². The van der Waals surface area contributed by atoms with Gasteiger partial charge in [-0.25, -0.2) is 4.98 Å². The Labute approximate surface area is 134 Å². The van der Waals surface area contributed by atoms with E-state index in [1.807, 2.05) is 54.6 Å². The summed E-state index contributed by atoms with van der Waals surface area (Å²) in [7, 11) is 0. The van der Waals surface area contributed by atoms with E-state index in [1.165, 1.54) is 0 Å². The minimum atomic E-state index is -0.00389. The first-order chi connectivity index (χ1) is 10.8. The molecule has 22 heavy (non-hydrogen) atoms. The number of thioether (sulfide) groups is 1. The topological polar surface area (TPSA) is 34.9 Å². The molecule has 3 rings (SSSR count). The van der Waals surface area contributed by atoms with Gasteiger partial charge in [0.25, 0.3) is 5.56 Å². The third kappa shape index (κ3) is 2.92. The number of aromatic nitrogens is 2. The Hall–Kier alpha value is -2.07. The van der Waals surface area contributed by atoms with Crippen molar-refractivity contribution in [1.29, 1.82) is 0 Å². The fourth-order valence-corrected chi connectivity index (χ4v) is 3.42. The van der Waals surface area contributed by atoms with Crippen molar-refractivity contribution < 1.29 is 0 Å². The highest BCUT2D eigenvalue weighted by atomic mass is 32.2. The van der Waals surface area contributed by atoms with E-state index in [4.69, 9.17) is 4.98 Å². The largest absolute Gasteiger partial charge is 0.268 e. The zero-order valence-corrected chi connectivity index (χ0v) is 13.3. The summed E-state index contributed by atoms with van der Waals surface area (Å²) in [6.07, 6.45) is 2.25. The lowest BCUT2D eigenvalue weighted by molar-refractivity contribution is 0.814. The van der Waals surface area contributed by atoms with Gasteiger partial charge in [-0.3, -0.25) is 9.36 Å². The molecule has 3 aromatic rings. The van der Waals surface area contributed by atoms with Gasteiger partial charge in [0.15, 0.2) is 5.16 Å². The first-order valence-electron chi connectivity index (χ1n) is 7.51. The maximum atomic E-state index is 12.9. The van der Waals surface area contributed by atoms with Crippen molar-refractivity contribution in [3.05, 3.63) is 65.0 Å². The van der Waals surface area contributed by atoms with Crippen molar-refractivity contribution in [3.8, 4) is 5.69 Å². The molecule has 0 saturated carbocycles. The van der Waals surface area contributed by atoms with Gasteiger partial charge in [0.2, 0.25) is 0 Å². The lowest BCUT2D eigenvalue weighted by Gasteiger charge is -2.12. The maximum Gasteiger partial charge on any atom is 0.266 e. The summed E-state index contributed by atoms with van der Waals surface area (Å²) >= 11 is 1.65. The zero-order valence-electron chi connectivity index (χ0n) is 12.5. The van der Waals surface area contributed by atoms with Crippen LogP contribution in [0.1, 0.15) is 19.8 Å². The molecule has 0 amide bonds. The van der Waals surface area contributed by atoms with Crippen molar-refractivity contribution in [2.45, 2.75) is 24.9 Å². The Bertz CT molecular complexity index is 827. The first-order valence-corrected chi connectivity index (χ1v) is 8.50. The molecule has 0 aliphatic rings. The van der Waals surface area contributed by atoms with Crippen molar-refractivity contribution >= 4 is 22.7 Å². The Balaban J connectivity index is 2.20. The Morgan fingerprint density at radius 3 is 2.55 bits per heavy atom. The fourth-order valence-electron chi connectivity index (χ4n) is 2.32. The number of fused-ring (bicyclic) bond motifs is 1. The minimum Gasteiger partial charge on any atom is -0.268 e. The Morgan fingerprint density at radius 1 is 1.05 bits per heavy atom. The Morgan fingerprint density at radius 2 is 1.77 bits per heavy atom. The van der Waals surface area contributed by atoms with E-state index < -0.39 is 0 Å². The summed E-state index contributed by atoms with van der Waals surface area (Å²) in [6.45, 7) is 2.17. The van der Waals surface area contributed by atoms with Crippen LogP contribution < -0.4 is 5.56 Å². The van der Waals surface area contributed by atoms with E-state index in [0.717, 1.165) is 35.0 Å². The summed E-state index contributed by atoms with van der Waals surface area (Å²) in [5.74, 6) is 0.966. The second-order valence-corrected chi connectivity index (χ2v) is 6.15. The number of rotatable bonds is 5. The van der Waals surface area contributed by atoms with Crippen LogP contribution in [-0.4, -0.2) is 15.3 Å². The standard InChI is InChI=1S/C18H18N2OS/c1-2-3-13-22-18-19-16-12-8-7-11-15(16)17(21)20(18)14-9-5-4-6-10-14/h4-12H,2-3,13H2,1H3. The number of nitrogens with zero attached hydrogens (tertiary/aromatic N) is 2. The quantitative estimate of drug-likeness (QED) is 0.401. The molecule has 0 saturated heterocycles. The van der Waals surface area contributed by atoms with Crippen LogP contribution in [0.5, 0.6) is 0 Å². The third-order valence-electron chi connectivity index (χ3n) is 3.49. The van der Waals surface area contributed by atoms with Crippen LogP contribution in [0.15, 0.2) is 64.5 Å². The highest BCUT2D eigenvalue weighted by Crippen LogP contribution is 2.22. The van der Waals surface area contributed by atoms with Gasteiger partial charge >= 0.3 is 0 Å². The molecule has 1 aromatic heterocycles. The predicted molar refractivity (Wildman–Crippen MR) is 93.0 cm³/mol. The molecular formula is C18H18N2OS. The molecule has 0 radical (unpaired) electrons. The Kier molecular flexibility index (Phi) is 4.59. The SMILES string of the molecule is CCCCSc1nc2ccccc2c(=O)n1-c1ccccc1. The van der Waals surface area contributed by atoms with Crippen LogP contribution in [0, 0.1) is 0 Å². The summed E-state index contributed by atoms with van der Waals surface area (Å²) in [4.78, 5) is 17.6. The van der Waals surface area contributed by atoms with Gasteiger partial charge < -0.3 is 0 Å². The van der Waals surface area contributed by atoms with E-state index in [-0.39, 0.29) is 5.56 Å². The molecule has 0 spiro atoms. The van der Waals surface area contributed by atoms with E-state index >= 15 is 0 Å². The predicted octanol–water partition coefficient (Wildman–Crippen LogP) is 4.28. The zero-order chi connectivity index (χ0) is 15.4. The minimum absolute atomic E-state index is 0.00389. The van der Waals surface area contributed by atoms with Gasteiger partial charge in [0, 0.05) is 5.75 Å². The monoisotopic (exact) mass is 310 g/mol. The van der Waals surface area contributed by atoms with Crippen LogP contribution in [0.4, 0.5) is 0 Å². The summed E-state index contributed by atoms with van der Waals surface area (Å²) in [6, 6.07) is 17.3.